The zero-order chi connectivity index (χ0) is 16.7. The molecule has 0 unspecified atom stereocenters. The first-order chi connectivity index (χ1) is 10.5. The van der Waals surface area contributed by atoms with Crippen molar-refractivity contribution in [2.75, 3.05) is 40.4 Å². The monoisotopic (exact) mass is 314 g/mol. The number of aliphatic hydroxyl groups is 1. The van der Waals surface area contributed by atoms with Gasteiger partial charge in [-0.05, 0) is 19.3 Å². The summed E-state index contributed by atoms with van der Waals surface area (Å²) in [7, 11) is 4.37. The fraction of sp³-hybridized carbons (Fsp3) is 0.833. The Morgan fingerprint density at radius 3 is 1.95 bits per heavy atom. The number of carbonyl (C=O) groups is 1. The van der Waals surface area contributed by atoms with Crippen LogP contribution < -0.4 is 0 Å². The van der Waals surface area contributed by atoms with Crippen molar-refractivity contribution in [1.29, 1.82) is 0 Å². The van der Waals surface area contributed by atoms with Crippen LogP contribution in [0, 0.1) is 0 Å². The van der Waals surface area contributed by atoms with Gasteiger partial charge < -0.3 is 14.3 Å². The van der Waals surface area contributed by atoms with Gasteiger partial charge in [0.2, 0.25) is 0 Å². The first-order valence-electron chi connectivity index (χ1n) is 8.74. The van der Waals surface area contributed by atoms with Gasteiger partial charge in [-0.2, -0.15) is 0 Å². The fourth-order valence-corrected chi connectivity index (χ4v) is 2.49. The number of aliphatic hydroxyl groups excluding tert-OH is 1. The number of likely N-dealkylation sites (N-methyl/N-ethyl adjacent to an activating group) is 1. The van der Waals surface area contributed by atoms with Crippen molar-refractivity contribution >= 4 is 5.97 Å². The van der Waals surface area contributed by atoms with Gasteiger partial charge in [-0.25, -0.2) is 4.79 Å². The zero-order valence-corrected chi connectivity index (χ0v) is 14.7. The van der Waals surface area contributed by atoms with E-state index in [1.165, 1.54) is 51.0 Å². The van der Waals surface area contributed by atoms with Crippen LogP contribution in [-0.2, 0) is 9.53 Å². The highest BCUT2D eigenvalue weighted by Gasteiger charge is 2.12. The highest BCUT2D eigenvalue weighted by atomic mass is 16.5. The molecule has 130 valence electrons. The van der Waals surface area contributed by atoms with Crippen molar-refractivity contribution in [3.63, 3.8) is 0 Å². The normalized spacial score (nSPS) is 11.4. The second kappa shape index (κ2) is 13.8. The van der Waals surface area contributed by atoms with E-state index in [4.69, 9.17) is 9.84 Å². The summed E-state index contributed by atoms with van der Waals surface area (Å²) in [5.41, 5.74) is 0. The number of nitrogens with zero attached hydrogens (tertiary/aromatic N) is 1. The number of carbonyl (C=O) groups excluding carboxylic acids is 1. The molecule has 0 radical (unpaired) electrons. The van der Waals surface area contributed by atoms with Crippen LogP contribution in [0.25, 0.3) is 0 Å². The van der Waals surface area contributed by atoms with Crippen LogP contribution in [0.4, 0.5) is 0 Å². The second-order valence-corrected chi connectivity index (χ2v) is 6.66. The summed E-state index contributed by atoms with van der Waals surface area (Å²) in [6, 6.07) is 0. The van der Waals surface area contributed by atoms with Crippen LogP contribution in [0.15, 0.2) is 12.7 Å². The number of hydrogen-bond acceptors (Lipinski definition) is 3. The number of esters is 1. The minimum atomic E-state index is -0.319. The lowest BCUT2D eigenvalue weighted by atomic mass is 10.1. The molecule has 0 heterocycles. The van der Waals surface area contributed by atoms with E-state index in [1.807, 2.05) is 0 Å². The molecule has 0 saturated heterocycles. The average Bonchev–Trinajstić information content (AvgIpc) is 2.47. The van der Waals surface area contributed by atoms with E-state index in [9.17, 15) is 4.79 Å². The Balaban J connectivity index is 3.21. The van der Waals surface area contributed by atoms with Gasteiger partial charge in [0.15, 0.2) is 0 Å². The van der Waals surface area contributed by atoms with E-state index in [0.29, 0.717) is 6.61 Å². The van der Waals surface area contributed by atoms with Crippen molar-refractivity contribution in [3.8, 4) is 0 Å². The standard InChI is InChI=1S/C18H36NO3/c1-4-18(21)22-17-13-11-9-7-5-6-8-10-12-14-19(2,3)15-16-20/h4,20H,1,5-17H2,2-3H3/q+1. The van der Waals surface area contributed by atoms with Crippen molar-refractivity contribution in [1.82, 2.24) is 0 Å². The summed E-state index contributed by atoms with van der Waals surface area (Å²) in [5, 5.41) is 8.97. The Morgan fingerprint density at radius 1 is 0.955 bits per heavy atom. The number of rotatable bonds is 15. The quantitative estimate of drug-likeness (QED) is 0.218. The summed E-state index contributed by atoms with van der Waals surface area (Å²) < 4.78 is 5.86. The molecule has 0 aromatic heterocycles. The maximum Gasteiger partial charge on any atom is 0.330 e. The number of unbranched alkanes of at least 4 members (excludes halogenated alkanes) is 8. The molecule has 0 amide bonds. The molecule has 0 atom stereocenters. The highest BCUT2D eigenvalue weighted by molar-refractivity contribution is 5.81. The number of ether oxygens (including phenoxy) is 1. The Bertz CT molecular complexity index is 290. The maximum absolute atomic E-state index is 10.8. The van der Waals surface area contributed by atoms with E-state index < -0.39 is 0 Å². The van der Waals surface area contributed by atoms with Crippen LogP contribution in [0.3, 0.4) is 0 Å². The molecule has 0 fully saturated rings. The summed E-state index contributed by atoms with van der Waals surface area (Å²) >= 11 is 0. The van der Waals surface area contributed by atoms with Gasteiger partial charge in [-0.15, -0.1) is 0 Å². The smallest absolute Gasteiger partial charge is 0.330 e. The fourth-order valence-electron chi connectivity index (χ4n) is 2.49. The Kier molecular flexibility index (Phi) is 13.2. The molecular formula is C18H36NO3+. The van der Waals surface area contributed by atoms with Crippen molar-refractivity contribution in [2.45, 2.75) is 57.8 Å². The van der Waals surface area contributed by atoms with Gasteiger partial charge in [-0.3, -0.25) is 0 Å². The van der Waals surface area contributed by atoms with Gasteiger partial charge >= 0.3 is 5.97 Å². The third kappa shape index (κ3) is 14.1. The van der Waals surface area contributed by atoms with Gasteiger partial charge in [0, 0.05) is 6.08 Å². The van der Waals surface area contributed by atoms with E-state index >= 15 is 0 Å². The molecule has 0 aromatic rings. The first kappa shape index (κ1) is 21.1. The highest BCUT2D eigenvalue weighted by Crippen LogP contribution is 2.11. The Hall–Kier alpha value is -0.870. The van der Waals surface area contributed by atoms with Crippen molar-refractivity contribution < 1.29 is 19.1 Å². The van der Waals surface area contributed by atoms with E-state index in [-0.39, 0.29) is 12.6 Å². The van der Waals surface area contributed by atoms with Crippen LogP contribution in [0.1, 0.15) is 57.8 Å². The molecule has 0 spiro atoms. The van der Waals surface area contributed by atoms with Crippen LogP contribution in [-0.4, -0.2) is 56.0 Å². The molecule has 0 aliphatic carbocycles. The van der Waals surface area contributed by atoms with Crippen molar-refractivity contribution in [3.05, 3.63) is 12.7 Å². The number of hydrogen-bond donors (Lipinski definition) is 1. The third-order valence-corrected chi connectivity index (χ3v) is 4.02. The molecule has 0 rings (SSSR count). The summed E-state index contributed by atoms with van der Waals surface area (Å²) in [6.45, 7) is 6.17. The predicted octanol–water partition coefficient (Wildman–Crippen LogP) is 3.30. The van der Waals surface area contributed by atoms with Gasteiger partial charge in [0.1, 0.15) is 6.54 Å². The molecule has 4 heteroatoms. The largest absolute Gasteiger partial charge is 0.463 e. The summed E-state index contributed by atoms with van der Waals surface area (Å²) in [4.78, 5) is 10.8. The molecule has 0 bridgehead atoms. The molecule has 0 aromatic carbocycles. The molecule has 22 heavy (non-hydrogen) atoms. The first-order valence-corrected chi connectivity index (χ1v) is 8.74. The molecule has 0 aliphatic rings. The molecule has 0 aliphatic heterocycles. The van der Waals surface area contributed by atoms with E-state index in [2.05, 4.69) is 20.7 Å². The zero-order valence-electron chi connectivity index (χ0n) is 14.7. The van der Waals surface area contributed by atoms with E-state index in [0.717, 1.165) is 30.4 Å². The summed E-state index contributed by atoms with van der Waals surface area (Å²) in [6.07, 6.45) is 12.3. The maximum atomic E-state index is 10.8. The van der Waals surface area contributed by atoms with Gasteiger partial charge in [0.05, 0.1) is 33.9 Å². The topological polar surface area (TPSA) is 46.5 Å². The average molecular weight is 314 g/mol. The van der Waals surface area contributed by atoms with Crippen LogP contribution in [0.2, 0.25) is 0 Å². The lowest BCUT2D eigenvalue weighted by Crippen LogP contribution is -2.42. The van der Waals surface area contributed by atoms with Crippen molar-refractivity contribution in [2.24, 2.45) is 0 Å². The Morgan fingerprint density at radius 2 is 1.45 bits per heavy atom. The molecule has 1 N–H and O–H groups in total. The van der Waals surface area contributed by atoms with Crippen LogP contribution in [0.5, 0.6) is 0 Å². The molecule has 4 nitrogen and oxygen atoms in total. The van der Waals surface area contributed by atoms with Crippen LogP contribution >= 0.6 is 0 Å². The Labute approximate surface area is 136 Å². The third-order valence-electron chi connectivity index (χ3n) is 4.02. The number of quaternary nitrogens is 1. The lowest BCUT2D eigenvalue weighted by molar-refractivity contribution is -0.890. The van der Waals surface area contributed by atoms with Gasteiger partial charge in [0.25, 0.3) is 0 Å². The minimum absolute atomic E-state index is 0.278. The second-order valence-electron chi connectivity index (χ2n) is 6.66. The predicted molar refractivity (Wildman–Crippen MR) is 91.6 cm³/mol. The molecule has 0 saturated carbocycles. The minimum Gasteiger partial charge on any atom is -0.463 e. The summed E-state index contributed by atoms with van der Waals surface area (Å²) in [5.74, 6) is -0.319. The SMILES string of the molecule is C=CC(=O)OCCCCCCCCCCC[N+](C)(C)CCO. The lowest BCUT2D eigenvalue weighted by Gasteiger charge is -2.28. The van der Waals surface area contributed by atoms with E-state index in [1.54, 1.807) is 0 Å². The molecular weight excluding hydrogens is 278 g/mol. The van der Waals surface area contributed by atoms with Gasteiger partial charge in [-0.1, -0.05) is 45.1 Å².